The van der Waals surface area contributed by atoms with Crippen LogP contribution >= 0.6 is 0 Å². The molecule has 3 atom stereocenters. The Morgan fingerprint density at radius 2 is 2.00 bits per heavy atom. The van der Waals surface area contributed by atoms with Crippen LogP contribution in [0.2, 0.25) is 0 Å². The summed E-state index contributed by atoms with van der Waals surface area (Å²) in [6.07, 6.45) is -0.574. The zero-order chi connectivity index (χ0) is 35.4. The summed E-state index contributed by atoms with van der Waals surface area (Å²) >= 11 is 0. The van der Waals surface area contributed by atoms with Gasteiger partial charge in [0.25, 0.3) is 6.43 Å². The number of carbonyl (C=O) groups excluding carboxylic acids is 1. The van der Waals surface area contributed by atoms with Gasteiger partial charge in [0.1, 0.15) is 48.5 Å². The number of amides is 1. The standard InChI is InChI=1S/C34H38F4N6O5/c1-5-28(46)42-11-12-43(20(4)15-42)33-22-13-24(36)30-29-23(35)7-6-8-26(29)48-17-25(45)31(49-18-27(37)38)21(9-10-39-14-19(2)3)16-44(32(22)40-30)34(47)41-33/h5-10,13,16,19-20,25,27,31,39,45H,1,11-12,14-15,17-18H2,2-4H3/b10-9-,21-16-/t20-,25?,31?/m0/s1. The number of alkyl halides is 2. The third-order valence-corrected chi connectivity index (χ3v) is 8.12. The Hall–Kier alpha value is -4.76. The van der Waals surface area contributed by atoms with Gasteiger partial charge >= 0.3 is 5.69 Å². The molecule has 0 radical (unpaired) electrons. The number of halogens is 4. The number of nitrogens with one attached hydrogen (secondary N) is 1. The Labute approximate surface area is 280 Å². The van der Waals surface area contributed by atoms with Crippen LogP contribution in [0.1, 0.15) is 20.8 Å². The van der Waals surface area contributed by atoms with Crippen molar-refractivity contribution in [2.24, 2.45) is 5.92 Å². The molecular formula is C34H38F4N6O5. The molecule has 0 spiro atoms. The van der Waals surface area contributed by atoms with Gasteiger partial charge in [0.15, 0.2) is 11.5 Å². The van der Waals surface area contributed by atoms with Gasteiger partial charge in [0, 0.05) is 44.0 Å². The molecule has 2 aliphatic rings. The van der Waals surface area contributed by atoms with E-state index in [-0.39, 0.29) is 71.2 Å². The van der Waals surface area contributed by atoms with Crippen LogP contribution in [0, 0.1) is 17.6 Å². The molecule has 2 aromatic heterocycles. The molecule has 49 heavy (non-hydrogen) atoms. The molecule has 2 unspecified atom stereocenters. The largest absolute Gasteiger partial charge is 0.490 e. The van der Waals surface area contributed by atoms with Crippen LogP contribution in [0.3, 0.4) is 0 Å². The number of piperazine rings is 1. The van der Waals surface area contributed by atoms with Crippen LogP contribution in [-0.2, 0) is 9.53 Å². The van der Waals surface area contributed by atoms with Gasteiger partial charge in [-0.2, -0.15) is 4.98 Å². The van der Waals surface area contributed by atoms with Crippen molar-refractivity contribution < 1.29 is 36.9 Å². The van der Waals surface area contributed by atoms with Gasteiger partial charge in [-0.15, -0.1) is 0 Å². The lowest BCUT2D eigenvalue weighted by atomic mass is 10.0. The second-order valence-electron chi connectivity index (χ2n) is 12.2. The summed E-state index contributed by atoms with van der Waals surface area (Å²) in [4.78, 5) is 38.3. The molecule has 1 amide bonds. The fourth-order valence-corrected chi connectivity index (χ4v) is 5.78. The van der Waals surface area contributed by atoms with Crippen molar-refractivity contribution in [1.29, 1.82) is 0 Å². The molecule has 2 N–H and O–H groups in total. The Morgan fingerprint density at radius 1 is 1.22 bits per heavy atom. The second-order valence-corrected chi connectivity index (χ2v) is 12.2. The summed E-state index contributed by atoms with van der Waals surface area (Å²) in [5.74, 6) is -1.95. The van der Waals surface area contributed by atoms with Gasteiger partial charge in [0.05, 0.1) is 10.9 Å². The number of aliphatic hydroxyl groups is 1. The SMILES string of the molecule is C=CC(=O)N1CCN(c2nc(=O)n3c4nc(c(F)cc24)-c2c(F)cccc2OCC(O)C(OCC(F)F)C(/C=C\NCC(C)C)=C\3)[C@@H](C)C1. The maximum absolute atomic E-state index is 16.1. The average Bonchev–Trinajstić information content (AvgIpc) is 3.05. The predicted molar refractivity (Wildman–Crippen MR) is 176 cm³/mol. The molecule has 3 aromatic rings. The predicted octanol–water partition coefficient (Wildman–Crippen LogP) is 3.96. The number of carbonyl (C=O) groups is 1. The second kappa shape index (κ2) is 15.2. The monoisotopic (exact) mass is 686 g/mol. The molecule has 1 saturated heterocycles. The van der Waals surface area contributed by atoms with Gasteiger partial charge in [-0.05, 0) is 49.4 Å². The first-order valence-electron chi connectivity index (χ1n) is 15.8. The Kier molecular flexibility index (Phi) is 11.0. The fraction of sp³-hybridized carbons (Fsp3) is 0.412. The first kappa shape index (κ1) is 35.5. The number of rotatable bonds is 9. The van der Waals surface area contributed by atoms with Gasteiger partial charge in [0.2, 0.25) is 5.91 Å². The number of fused-ring (bicyclic) bond motifs is 3. The molecule has 1 fully saturated rings. The molecule has 15 heteroatoms. The van der Waals surface area contributed by atoms with Crippen molar-refractivity contribution in [2.75, 3.05) is 44.3 Å². The number of aromatic nitrogens is 3. The zero-order valence-corrected chi connectivity index (χ0v) is 27.3. The highest BCUT2D eigenvalue weighted by Crippen LogP contribution is 2.37. The van der Waals surface area contributed by atoms with E-state index in [1.54, 1.807) is 9.80 Å². The molecule has 0 aliphatic carbocycles. The van der Waals surface area contributed by atoms with E-state index < -0.39 is 54.9 Å². The number of aliphatic hydroxyl groups excluding tert-OH is 1. The zero-order valence-electron chi connectivity index (χ0n) is 27.3. The van der Waals surface area contributed by atoms with Crippen molar-refractivity contribution in [3.63, 3.8) is 0 Å². The van der Waals surface area contributed by atoms with Crippen LogP contribution in [-0.4, -0.2) is 94.5 Å². The van der Waals surface area contributed by atoms with Crippen LogP contribution in [0.5, 0.6) is 5.75 Å². The minimum absolute atomic E-state index is 0.0589. The number of nitrogens with zero attached hydrogens (tertiary/aromatic N) is 5. The van der Waals surface area contributed by atoms with Gasteiger partial charge in [-0.3, -0.25) is 9.36 Å². The number of hydrogen-bond donors (Lipinski definition) is 2. The van der Waals surface area contributed by atoms with Crippen molar-refractivity contribution in [3.05, 3.63) is 76.9 Å². The highest BCUT2D eigenvalue weighted by Gasteiger charge is 2.32. The van der Waals surface area contributed by atoms with Crippen LogP contribution in [0.15, 0.2) is 59.6 Å². The lowest BCUT2D eigenvalue weighted by Gasteiger charge is -2.40. The van der Waals surface area contributed by atoms with Crippen molar-refractivity contribution in [3.8, 4) is 17.0 Å². The number of pyridine rings is 1. The summed E-state index contributed by atoms with van der Waals surface area (Å²) in [5.41, 5.74) is -1.80. The van der Waals surface area contributed by atoms with Gasteiger partial charge in [-0.25, -0.2) is 27.3 Å². The van der Waals surface area contributed by atoms with Crippen molar-refractivity contribution in [1.82, 2.24) is 24.8 Å². The van der Waals surface area contributed by atoms with E-state index in [0.717, 1.165) is 16.7 Å². The number of hydrogen-bond acceptors (Lipinski definition) is 9. The molecule has 11 nitrogen and oxygen atoms in total. The number of benzene rings is 1. The van der Waals surface area contributed by atoms with E-state index in [0.29, 0.717) is 6.54 Å². The van der Waals surface area contributed by atoms with Crippen LogP contribution in [0.4, 0.5) is 23.4 Å². The highest BCUT2D eigenvalue weighted by molar-refractivity contribution is 5.91. The summed E-state index contributed by atoms with van der Waals surface area (Å²) in [7, 11) is 0. The van der Waals surface area contributed by atoms with E-state index in [2.05, 4.69) is 21.9 Å². The molecule has 0 saturated carbocycles. The number of anilines is 1. The Balaban J connectivity index is 1.78. The topological polar surface area (TPSA) is 122 Å². The molecule has 2 bridgehead atoms. The molecular weight excluding hydrogens is 648 g/mol. The maximum Gasteiger partial charge on any atom is 0.355 e. The third kappa shape index (κ3) is 7.78. The van der Waals surface area contributed by atoms with E-state index in [1.165, 1.54) is 36.7 Å². The normalized spacial score (nSPS) is 20.9. The maximum atomic E-state index is 16.1. The van der Waals surface area contributed by atoms with Crippen LogP contribution < -0.4 is 20.6 Å². The molecule has 262 valence electrons. The molecule has 2 aliphatic heterocycles. The minimum Gasteiger partial charge on any atom is -0.490 e. The van der Waals surface area contributed by atoms with Crippen molar-refractivity contribution >= 4 is 29.0 Å². The Bertz CT molecular complexity index is 1830. The molecule has 4 heterocycles. The Morgan fingerprint density at radius 3 is 2.69 bits per heavy atom. The van der Waals surface area contributed by atoms with E-state index >= 15 is 8.78 Å². The summed E-state index contributed by atoms with van der Waals surface area (Å²) in [6.45, 7) is 8.99. The van der Waals surface area contributed by atoms with E-state index in [1.807, 2.05) is 20.8 Å². The average molecular weight is 687 g/mol. The smallest absolute Gasteiger partial charge is 0.355 e. The lowest BCUT2D eigenvalue weighted by Crippen LogP contribution is -2.54. The van der Waals surface area contributed by atoms with E-state index in [4.69, 9.17) is 9.47 Å². The number of ether oxygens (including phenoxy) is 2. The van der Waals surface area contributed by atoms with Gasteiger partial charge in [-0.1, -0.05) is 26.5 Å². The molecule has 1 aromatic carbocycles. The summed E-state index contributed by atoms with van der Waals surface area (Å²) in [5, 5.41) is 14.4. The molecule has 5 rings (SSSR count). The fourth-order valence-electron chi connectivity index (χ4n) is 5.78. The third-order valence-electron chi connectivity index (χ3n) is 8.12. The van der Waals surface area contributed by atoms with Crippen molar-refractivity contribution in [2.45, 2.75) is 45.4 Å². The van der Waals surface area contributed by atoms with Gasteiger partial charge < -0.3 is 29.7 Å². The summed E-state index contributed by atoms with van der Waals surface area (Å²) < 4.78 is 70.6. The quantitative estimate of drug-likeness (QED) is 0.255. The first-order valence-corrected chi connectivity index (χ1v) is 15.8. The van der Waals surface area contributed by atoms with Crippen LogP contribution in [0.25, 0.3) is 28.5 Å². The highest BCUT2D eigenvalue weighted by atomic mass is 19.3. The van der Waals surface area contributed by atoms with E-state index in [9.17, 15) is 23.5 Å². The summed E-state index contributed by atoms with van der Waals surface area (Å²) in [6, 6.07) is 4.47. The lowest BCUT2D eigenvalue weighted by molar-refractivity contribution is -0.126. The first-order chi connectivity index (χ1) is 23.4. The minimum atomic E-state index is -2.89.